The minimum absolute atomic E-state index is 0.0755. The predicted octanol–water partition coefficient (Wildman–Crippen LogP) is 1.80. The molecule has 2 saturated heterocycles. The van der Waals surface area contributed by atoms with Gasteiger partial charge in [-0.25, -0.2) is 0 Å². The molecule has 2 rings (SSSR count). The smallest absolute Gasteiger partial charge is 0.267 e. The maximum Gasteiger partial charge on any atom is 0.267 e. The molecule has 0 aliphatic carbocycles. The Morgan fingerprint density at radius 2 is 1.94 bits per heavy atom. The lowest BCUT2D eigenvalue weighted by Crippen LogP contribution is -2.38. The largest absolute Gasteiger partial charge is 0.368 e. The summed E-state index contributed by atoms with van der Waals surface area (Å²) in [5, 5.41) is 10.2. The lowest BCUT2D eigenvalue weighted by molar-refractivity contribution is -0.127. The molecule has 0 spiro atoms. The number of piperidine rings is 1. The first-order valence-electron chi connectivity index (χ1n) is 6.51. The van der Waals surface area contributed by atoms with Gasteiger partial charge in [-0.2, -0.15) is 5.26 Å². The molecular formula is C13H19N3OS. The van der Waals surface area contributed by atoms with E-state index in [1.807, 2.05) is 16.8 Å². The highest BCUT2D eigenvalue weighted by Gasteiger charge is 2.26. The summed E-state index contributed by atoms with van der Waals surface area (Å²) in [5.41, 5.74) is 0.337. The number of rotatable bonds is 1. The van der Waals surface area contributed by atoms with Crippen LogP contribution in [0, 0.1) is 11.3 Å². The second kappa shape index (κ2) is 6.14. The van der Waals surface area contributed by atoms with E-state index >= 15 is 0 Å². The Kier molecular flexibility index (Phi) is 4.54. The molecule has 0 N–H and O–H groups in total. The van der Waals surface area contributed by atoms with Gasteiger partial charge in [0.25, 0.3) is 5.91 Å². The molecule has 4 nitrogen and oxygen atoms in total. The number of carbonyl (C=O) groups excluding carboxylic acids is 1. The van der Waals surface area contributed by atoms with E-state index in [1.54, 1.807) is 11.8 Å². The van der Waals surface area contributed by atoms with E-state index in [0.717, 1.165) is 49.7 Å². The fraction of sp³-hybridized carbons (Fsp3) is 0.692. The molecule has 0 bridgehead atoms. The van der Waals surface area contributed by atoms with Crippen LogP contribution >= 0.6 is 11.8 Å². The lowest BCUT2D eigenvalue weighted by Gasteiger charge is -2.30. The molecule has 0 unspecified atom stereocenters. The van der Waals surface area contributed by atoms with Crippen LogP contribution in [-0.4, -0.2) is 48.1 Å². The Hall–Kier alpha value is -1.15. The topological polar surface area (TPSA) is 47.3 Å². The maximum absolute atomic E-state index is 12.4. The van der Waals surface area contributed by atoms with Crippen molar-refractivity contribution >= 4 is 17.7 Å². The van der Waals surface area contributed by atoms with Gasteiger partial charge in [0, 0.05) is 32.4 Å². The molecule has 0 aromatic carbocycles. The van der Waals surface area contributed by atoms with Crippen molar-refractivity contribution in [3.63, 3.8) is 0 Å². The van der Waals surface area contributed by atoms with Gasteiger partial charge >= 0.3 is 0 Å². The molecule has 98 valence electrons. The molecule has 0 radical (unpaired) electrons. The number of hydrogen-bond donors (Lipinski definition) is 0. The number of nitriles is 1. The van der Waals surface area contributed by atoms with Gasteiger partial charge < -0.3 is 9.80 Å². The van der Waals surface area contributed by atoms with E-state index in [4.69, 9.17) is 0 Å². The van der Waals surface area contributed by atoms with Gasteiger partial charge in [-0.05, 0) is 25.7 Å². The molecule has 5 heteroatoms. The van der Waals surface area contributed by atoms with Crippen LogP contribution in [-0.2, 0) is 4.79 Å². The van der Waals surface area contributed by atoms with Crippen molar-refractivity contribution in [3.05, 3.63) is 10.6 Å². The van der Waals surface area contributed by atoms with Crippen LogP contribution in [0.25, 0.3) is 0 Å². The first-order valence-corrected chi connectivity index (χ1v) is 7.50. The fourth-order valence-electron chi connectivity index (χ4n) is 2.39. The van der Waals surface area contributed by atoms with Crippen LogP contribution in [0.15, 0.2) is 10.6 Å². The van der Waals surface area contributed by atoms with Crippen molar-refractivity contribution < 1.29 is 4.79 Å². The third-order valence-electron chi connectivity index (χ3n) is 3.41. The van der Waals surface area contributed by atoms with Crippen molar-refractivity contribution in [2.24, 2.45) is 0 Å². The number of hydrogen-bond acceptors (Lipinski definition) is 4. The van der Waals surface area contributed by atoms with E-state index in [-0.39, 0.29) is 5.91 Å². The molecule has 0 atom stereocenters. The first kappa shape index (κ1) is 13.3. The molecule has 2 aliphatic rings. The summed E-state index contributed by atoms with van der Waals surface area (Å²) >= 11 is 1.63. The third-order valence-corrected chi connectivity index (χ3v) is 4.69. The van der Waals surface area contributed by atoms with E-state index in [2.05, 4.69) is 6.07 Å². The molecule has 1 amide bonds. The Labute approximate surface area is 113 Å². The summed E-state index contributed by atoms with van der Waals surface area (Å²) in [6.07, 6.45) is 4.42. The highest BCUT2D eigenvalue weighted by Crippen LogP contribution is 2.29. The molecular weight excluding hydrogens is 246 g/mol. The highest BCUT2D eigenvalue weighted by molar-refractivity contribution is 8.03. The second-order valence-corrected chi connectivity index (χ2v) is 5.85. The summed E-state index contributed by atoms with van der Waals surface area (Å²) in [6.45, 7) is 2.53. The number of carbonyl (C=O) groups is 1. The Bertz CT molecular complexity index is 394. The van der Waals surface area contributed by atoms with Gasteiger partial charge in [0.2, 0.25) is 0 Å². The number of thioether (sulfide) groups is 1. The third kappa shape index (κ3) is 2.81. The zero-order valence-corrected chi connectivity index (χ0v) is 11.6. The summed E-state index contributed by atoms with van der Waals surface area (Å²) in [7, 11) is 1.96. The number of amides is 1. The van der Waals surface area contributed by atoms with Gasteiger partial charge in [0.05, 0.1) is 5.03 Å². The van der Waals surface area contributed by atoms with E-state index < -0.39 is 0 Å². The van der Waals surface area contributed by atoms with Crippen molar-refractivity contribution in [3.8, 4) is 6.07 Å². The van der Waals surface area contributed by atoms with E-state index in [1.165, 1.54) is 6.42 Å². The first-order chi connectivity index (χ1) is 8.74. The van der Waals surface area contributed by atoms with Crippen molar-refractivity contribution in [1.82, 2.24) is 9.80 Å². The standard InChI is InChI=1S/C13H19N3OS/c1-15-6-5-9-18-13(15)11(10-14)12(17)16-7-3-2-4-8-16/h2-9H2,1H3/b13-11-. The van der Waals surface area contributed by atoms with Gasteiger partial charge in [-0.1, -0.05) is 0 Å². The number of nitrogens with zero attached hydrogens (tertiary/aromatic N) is 3. The quantitative estimate of drug-likeness (QED) is 0.536. The summed E-state index contributed by atoms with van der Waals surface area (Å²) in [4.78, 5) is 16.2. The molecule has 2 fully saturated rings. The normalized spacial score (nSPS) is 23.6. The van der Waals surface area contributed by atoms with Crippen molar-refractivity contribution in [1.29, 1.82) is 5.26 Å². The van der Waals surface area contributed by atoms with Gasteiger partial charge in [0.1, 0.15) is 11.6 Å². The summed E-state index contributed by atoms with van der Waals surface area (Å²) in [6, 6.07) is 2.13. The molecule has 0 aromatic heterocycles. The van der Waals surface area contributed by atoms with Gasteiger partial charge in [-0.15, -0.1) is 11.8 Å². The van der Waals surface area contributed by atoms with Gasteiger partial charge in [-0.3, -0.25) is 4.79 Å². The van der Waals surface area contributed by atoms with Crippen LogP contribution in [0.1, 0.15) is 25.7 Å². The molecule has 0 aromatic rings. The molecule has 0 saturated carbocycles. The lowest BCUT2D eigenvalue weighted by atomic mass is 10.1. The minimum atomic E-state index is -0.0755. The minimum Gasteiger partial charge on any atom is -0.368 e. The summed E-state index contributed by atoms with van der Waals surface area (Å²) < 4.78 is 0. The SMILES string of the molecule is CN1CCCS/C1=C(/C#N)C(=O)N1CCCCC1. The van der Waals surface area contributed by atoms with Gasteiger partial charge in [0.15, 0.2) is 0 Å². The average molecular weight is 265 g/mol. The fourth-order valence-corrected chi connectivity index (χ4v) is 3.44. The molecule has 2 aliphatic heterocycles. The zero-order chi connectivity index (χ0) is 13.0. The van der Waals surface area contributed by atoms with Crippen LogP contribution in [0.2, 0.25) is 0 Å². The van der Waals surface area contributed by atoms with Crippen LogP contribution < -0.4 is 0 Å². The predicted molar refractivity (Wildman–Crippen MR) is 72.8 cm³/mol. The average Bonchev–Trinajstić information content (AvgIpc) is 2.42. The van der Waals surface area contributed by atoms with E-state index in [0.29, 0.717) is 5.57 Å². The number of likely N-dealkylation sites (tertiary alicyclic amines) is 1. The van der Waals surface area contributed by atoms with Crippen molar-refractivity contribution in [2.45, 2.75) is 25.7 Å². The maximum atomic E-state index is 12.4. The zero-order valence-electron chi connectivity index (χ0n) is 10.8. The van der Waals surface area contributed by atoms with Crippen molar-refractivity contribution in [2.75, 3.05) is 32.4 Å². The Morgan fingerprint density at radius 1 is 1.22 bits per heavy atom. The van der Waals surface area contributed by atoms with Crippen LogP contribution in [0.3, 0.4) is 0 Å². The second-order valence-electron chi connectivity index (χ2n) is 4.77. The van der Waals surface area contributed by atoms with E-state index in [9.17, 15) is 10.1 Å². The Morgan fingerprint density at radius 3 is 2.56 bits per heavy atom. The van der Waals surface area contributed by atoms with Crippen LogP contribution in [0.4, 0.5) is 0 Å². The summed E-state index contributed by atoms with van der Waals surface area (Å²) in [5.74, 6) is 0.923. The molecule has 2 heterocycles. The van der Waals surface area contributed by atoms with Crippen LogP contribution in [0.5, 0.6) is 0 Å². The molecule has 18 heavy (non-hydrogen) atoms. The monoisotopic (exact) mass is 265 g/mol. The highest BCUT2D eigenvalue weighted by atomic mass is 32.2. The Balaban J connectivity index is 2.19.